The predicted octanol–water partition coefficient (Wildman–Crippen LogP) is 5.14. The Balaban J connectivity index is 1.26. The van der Waals surface area contributed by atoms with Crippen molar-refractivity contribution in [3.8, 4) is 0 Å². The van der Waals surface area contributed by atoms with Gasteiger partial charge >= 0.3 is 12.1 Å². The molecule has 6 heteroatoms. The van der Waals surface area contributed by atoms with Crippen molar-refractivity contribution in [2.75, 3.05) is 13.7 Å². The first-order valence-electron chi connectivity index (χ1n) is 11.7. The zero-order valence-corrected chi connectivity index (χ0v) is 19.3. The topological polar surface area (TPSA) is 67.9 Å². The van der Waals surface area contributed by atoms with Crippen LogP contribution in [0.1, 0.15) is 99.3 Å². The molecule has 0 aromatic heterocycles. The summed E-state index contributed by atoms with van der Waals surface area (Å²) in [5, 5.41) is 3.04. The molecule has 1 N–H and O–H groups in total. The largest absolute Gasteiger partial charge is 0.465 e. The number of nitrogens with one attached hydrogen (secondary N) is 1. The van der Waals surface area contributed by atoms with Gasteiger partial charge in [0.1, 0.15) is 5.60 Å². The summed E-state index contributed by atoms with van der Waals surface area (Å²) in [6, 6.07) is 7.25. The molecule has 1 saturated carbocycles. The molecule has 2 unspecified atom stereocenters. The van der Waals surface area contributed by atoms with Crippen LogP contribution in [0, 0.1) is 5.92 Å². The van der Waals surface area contributed by atoms with Gasteiger partial charge in [-0.05, 0) is 101 Å². The summed E-state index contributed by atoms with van der Waals surface area (Å²) in [5.74, 6) is 0.458. The molecule has 2 aliphatic heterocycles. The van der Waals surface area contributed by atoms with E-state index in [1.54, 1.807) is 0 Å². The molecule has 1 aromatic rings. The lowest BCUT2D eigenvalue weighted by molar-refractivity contribution is 0.0484. The molecule has 2 heterocycles. The van der Waals surface area contributed by atoms with Crippen molar-refractivity contribution >= 4 is 12.1 Å². The lowest BCUT2D eigenvalue weighted by Gasteiger charge is -2.31. The Bertz CT molecular complexity index is 823. The maximum Gasteiger partial charge on any atom is 0.407 e. The molecule has 1 amide bonds. The van der Waals surface area contributed by atoms with Gasteiger partial charge in [0.25, 0.3) is 0 Å². The van der Waals surface area contributed by atoms with Crippen LogP contribution in [0.3, 0.4) is 0 Å². The molecule has 3 aliphatic rings. The predicted molar refractivity (Wildman–Crippen MR) is 119 cm³/mol. The SMILES string of the molecule is COC(=O)c1ccc2c(c1)C1CCC2N1CCC1CCC(NC(=O)OC(C)(C)C)CC1. The quantitative estimate of drug-likeness (QED) is 0.658. The van der Waals surface area contributed by atoms with E-state index in [1.807, 2.05) is 32.9 Å². The van der Waals surface area contributed by atoms with Gasteiger partial charge in [0.05, 0.1) is 12.7 Å². The van der Waals surface area contributed by atoms with Crippen molar-refractivity contribution in [1.29, 1.82) is 0 Å². The van der Waals surface area contributed by atoms with Crippen LogP contribution in [-0.2, 0) is 9.47 Å². The van der Waals surface area contributed by atoms with Gasteiger partial charge in [-0.25, -0.2) is 9.59 Å². The zero-order valence-electron chi connectivity index (χ0n) is 19.3. The zero-order chi connectivity index (χ0) is 22.2. The molecule has 4 rings (SSSR count). The maximum atomic E-state index is 12.0. The average molecular weight is 429 g/mol. The molecule has 0 radical (unpaired) electrons. The number of amides is 1. The van der Waals surface area contributed by atoms with Gasteiger partial charge in [0.2, 0.25) is 0 Å². The Morgan fingerprint density at radius 2 is 1.71 bits per heavy atom. The number of hydrogen-bond acceptors (Lipinski definition) is 5. The Morgan fingerprint density at radius 3 is 2.35 bits per heavy atom. The summed E-state index contributed by atoms with van der Waals surface area (Å²) < 4.78 is 10.3. The number of carbonyl (C=O) groups excluding carboxylic acids is 2. The van der Waals surface area contributed by atoms with Gasteiger partial charge in [-0.15, -0.1) is 0 Å². The van der Waals surface area contributed by atoms with Crippen LogP contribution in [0.5, 0.6) is 0 Å². The van der Waals surface area contributed by atoms with Crippen LogP contribution in [0.2, 0.25) is 0 Å². The van der Waals surface area contributed by atoms with Gasteiger partial charge in [0.15, 0.2) is 0 Å². The number of alkyl carbamates (subject to hydrolysis) is 1. The van der Waals surface area contributed by atoms with E-state index >= 15 is 0 Å². The first-order chi connectivity index (χ1) is 14.7. The van der Waals surface area contributed by atoms with Crippen LogP contribution >= 0.6 is 0 Å². The average Bonchev–Trinajstić information content (AvgIpc) is 3.26. The van der Waals surface area contributed by atoms with Crippen molar-refractivity contribution in [2.45, 2.75) is 89.4 Å². The molecule has 0 spiro atoms. The fraction of sp³-hybridized carbons (Fsp3) is 0.680. The summed E-state index contributed by atoms with van der Waals surface area (Å²) >= 11 is 0. The van der Waals surface area contributed by atoms with E-state index < -0.39 is 5.60 Å². The summed E-state index contributed by atoms with van der Waals surface area (Å²) in [6.07, 6.45) is 7.65. The maximum absolute atomic E-state index is 12.0. The lowest BCUT2D eigenvalue weighted by Crippen LogP contribution is -2.41. The highest BCUT2D eigenvalue weighted by Crippen LogP contribution is 2.53. The van der Waals surface area contributed by atoms with Crippen LogP contribution < -0.4 is 5.32 Å². The second-order valence-corrected chi connectivity index (χ2v) is 10.3. The number of hydrogen-bond donors (Lipinski definition) is 1. The molecule has 31 heavy (non-hydrogen) atoms. The summed E-state index contributed by atoms with van der Waals surface area (Å²) in [5.41, 5.74) is 2.93. The second-order valence-electron chi connectivity index (χ2n) is 10.3. The highest BCUT2D eigenvalue weighted by molar-refractivity contribution is 5.89. The number of nitrogens with zero attached hydrogens (tertiary/aromatic N) is 1. The number of rotatable bonds is 5. The third kappa shape index (κ3) is 4.89. The van der Waals surface area contributed by atoms with Gasteiger partial charge in [-0.2, -0.15) is 0 Å². The number of methoxy groups -OCH3 is 1. The van der Waals surface area contributed by atoms with Crippen molar-refractivity contribution in [2.24, 2.45) is 5.92 Å². The number of fused-ring (bicyclic) bond motifs is 5. The highest BCUT2D eigenvalue weighted by Gasteiger charge is 2.43. The van der Waals surface area contributed by atoms with Crippen LogP contribution in [-0.4, -0.2) is 42.3 Å². The smallest absolute Gasteiger partial charge is 0.407 e. The Hall–Kier alpha value is -2.08. The molecule has 2 bridgehead atoms. The third-order valence-electron chi connectivity index (χ3n) is 7.10. The van der Waals surface area contributed by atoms with Crippen molar-refractivity contribution in [3.63, 3.8) is 0 Å². The minimum absolute atomic E-state index is 0.232. The highest BCUT2D eigenvalue weighted by atomic mass is 16.6. The number of benzene rings is 1. The van der Waals surface area contributed by atoms with E-state index in [9.17, 15) is 9.59 Å². The van der Waals surface area contributed by atoms with Crippen molar-refractivity contribution in [1.82, 2.24) is 10.2 Å². The first kappa shape index (κ1) is 22.1. The van der Waals surface area contributed by atoms with Crippen molar-refractivity contribution < 1.29 is 19.1 Å². The van der Waals surface area contributed by atoms with Gasteiger partial charge in [-0.1, -0.05) is 6.07 Å². The van der Waals surface area contributed by atoms with Crippen molar-refractivity contribution in [3.05, 3.63) is 34.9 Å². The van der Waals surface area contributed by atoms with Gasteiger partial charge in [0, 0.05) is 18.1 Å². The third-order valence-corrected chi connectivity index (χ3v) is 7.10. The normalized spacial score (nSPS) is 27.6. The molecule has 6 nitrogen and oxygen atoms in total. The number of esters is 1. The molecule has 2 atom stereocenters. The number of ether oxygens (including phenoxy) is 2. The van der Waals surface area contributed by atoms with E-state index in [-0.39, 0.29) is 18.1 Å². The minimum atomic E-state index is -0.453. The van der Waals surface area contributed by atoms with E-state index in [1.165, 1.54) is 37.5 Å². The summed E-state index contributed by atoms with van der Waals surface area (Å²) in [6.45, 7) is 6.78. The second kappa shape index (κ2) is 8.81. The van der Waals surface area contributed by atoms with E-state index in [2.05, 4.69) is 16.3 Å². The molecular weight excluding hydrogens is 392 g/mol. The molecule has 1 aromatic carbocycles. The number of carbonyl (C=O) groups is 2. The molecule has 2 fully saturated rings. The Morgan fingerprint density at radius 1 is 1.03 bits per heavy atom. The van der Waals surface area contributed by atoms with Crippen LogP contribution in [0.15, 0.2) is 18.2 Å². The molecule has 1 aliphatic carbocycles. The Labute approximate surface area is 185 Å². The van der Waals surface area contributed by atoms with Gasteiger partial charge in [-0.3, -0.25) is 4.90 Å². The molecule has 170 valence electrons. The molecular formula is C25H36N2O4. The molecule has 1 saturated heterocycles. The summed E-state index contributed by atoms with van der Waals surface area (Å²) in [7, 11) is 1.44. The monoisotopic (exact) mass is 428 g/mol. The lowest BCUT2D eigenvalue weighted by atomic mass is 9.84. The standard InChI is InChI=1S/C25H36N2O4/c1-25(2,3)31-24(29)26-18-8-5-16(6-9-18)13-14-27-21-11-12-22(27)20-15-17(23(28)30-4)7-10-19(20)21/h7,10,15-16,18,21-22H,5-6,8-9,11-14H2,1-4H3,(H,26,29). The van der Waals surface area contributed by atoms with E-state index in [0.717, 1.165) is 32.2 Å². The van der Waals surface area contributed by atoms with Gasteiger partial charge < -0.3 is 14.8 Å². The van der Waals surface area contributed by atoms with Crippen LogP contribution in [0.4, 0.5) is 4.79 Å². The fourth-order valence-corrected chi connectivity index (χ4v) is 5.66. The minimum Gasteiger partial charge on any atom is -0.465 e. The summed E-state index contributed by atoms with van der Waals surface area (Å²) in [4.78, 5) is 26.6. The Kier molecular flexibility index (Phi) is 6.29. The fourth-order valence-electron chi connectivity index (χ4n) is 5.66. The van der Waals surface area contributed by atoms with E-state index in [0.29, 0.717) is 23.6 Å². The van der Waals surface area contributed by atoms with E-state index in [4.69, 9.17) is 9.47 Å². The van der Waals surface area contributed by atoms with Crippen LogP contribution in [0.25, 0.3) is 0 Å². The first-order valence-corrected chi connectivity index (χ1v) is 11.7.